The van der Waals surface area contributed by atoms with Gasteiger partial charge < -0.3 is 4.74 Å². The van der Waals surface area contributed by atoms with Crippen molar-refractivity contribution in [1.29, 1.82) is 0 Å². The molecule has 1 aromatic carbocycles. The van der Waals surface area contributed by atoms with E-state index in [1.165, 1.54) is 12.0 Å². The van der Waals surface area contributed by atoms with Gasteiger partial charge in [0.05, 0.1) is 6.10 Å². The Hall–Kier alpha value is -0.820. The molecule has 0 N–H and O–H groups in total. The van der Waals surface area contributed by atoms with Crippen molar-refractivity contribution < 1.29 is 4.74 Å². The van der Waals surface area contributed by atoms with E-state index in [1.54, 1.807) is 0 Å². The monoisotopic (exact) mass is 191 g/mol. The Morgan fingerprint density at radius 3 is 2.64 bits per heavy atom. The summed E-state index contributed by atoms with van der Waals surface area (Å²) < 4.78 is 5.58. The van der Waals surface area contributed by atoms with Crippen molar-refractivity contribution in [3.8, 4) is 0 Å². The highest BCUT2D eigenvalue weighted by Gasteiger charge is 2.02. The summed E-state index contributed by atoms with van der Waals surface area (Å²) in [6.45, 7) is 6.98. The van der Waals surface area contributed by atoms with Gasteiger partial charge in [0, 0.05) is 6.61 Å². The molecule has 0 amide bonds. The van der Waals surface area contributed by atoms with Crippen molar-refractivity contribution in [2.24, 2.45) is 0 Å². The van der Waals surface area contributed by atoms with Gasteiger partial charge in [-0.25, -0.2) is 0 Å². The largest absolute Gasteiger partial charge is 0.378 e. The van der Waals surface area contributed by atoms with Crippen molar-refractivity contribution in [2.45, 2.75) is 32.3 Å². The Balaban J connectivity index is 2.23. The second-order valence-corrected chi connectivity index (χ2v) is 3.54. The highest BCUT2D eigenvalue weighted by molar-refractivity contribution is 5.15. The molecule has 0 fully saturated rings. The molecule has 0 aliphatic carbocycles. The van der Waals surface area contributed by atoms with E-state index in [0.717, 1.165) is 19.4 Å². The second-order valence-electron chi connectivity index (χ2n) is 3.54. The molecule has 0 aliphatic heterocycles. The molecule has 1 heteroatoms. The molecule has 1 aromatic rings. The molecule has 77 valence electrons. The van der Waals surface area contributed by atoms with Crippen LogP contribution < -0.4 is 0 Å². The molecule has 1 atom stereocenters. The fourth-order valence-electron chi connectivity index (χ4n) is 1.33. The van der Waals surface area contributed by atoms with E-state index in [4.69, 9.17) is 4.74 Å². The molecule has 14 heavy (non-hydrogen) atoms. The van der Waals surface area contributed by atoms with Crippen LogP contribution in [-0.4, -0.2) is 12.7 Å². The topological polar surface area (TPSA) is 9.23 Å². The van der Waals surface area contributed by atoms with E-state index < -0.39 is 0 Å². The second kappa shape index (κ2) is 6.61. The van der Waals surface area contributed by atoms with Crippen LogP contribution in [0.2, 0.25) is 0 Å². The number of rotatable bonds is 6. The van der Waals surface area contributed by atoms with Gasteiger partial charge in [-0.05, 0) is 25.3 Å². The van der Waals surface area contributed by atoms with Crippen LogP contribution in [0.25, 0.3) is 0 Å². The lowest BCUT2D eigenvalue weighted by molar-refractivity contribution is 0.0814. The van der Waals surface area contributed by atoms with Crippen LogP contribution in [0.15, 0.2) is 30.3 Å². The van der Waals surface area contributed by atoms with Crippen LogP contribution in [0, 0.1) is 6.92 Å². The van der Waals surface area contributed by atoms with E-state index in [1.807, 2.05) is 18.2 Å². The first-order chi connectivity index (χ1) is 6.83. The number of benzene rings is 1. The van der Waals surface area contributed by atoms with Gasteiger partial charge in [0.15, 0.2) is 0 Å². The molecule has 1 unspecified atom stereocenters. The highest BCUT2D eigenvalue weighted by Crippen LogP contribution is 2.05. The molecule has 1 nitrogen and oxygen atoms in total. The molecule has 0 saturated carbocycles. The van der Waals surface area contributed by atoms with Gasteiger partial charge in [-0.2, -0.15) is 0 Å². The van der Waals surface area contributed by atoms with Crippen molar-refractivity contribution in [1.82, 2.24) is 0 Å². The van der Waals surface area contributed by atoms with Gasteiger partial charge in [0.1, 0.15) is 0 Å². The van der Waals surface area contributed by atoms with E-state index >= 15 is 0 Å². The summed E-state index contributed by atoms with van der Waals surface area (Å²) in [4.78, 5) is 0. The Bertz CT molecular complexity index is 230. The van der Waals surface area contributed by atoms with Crippen LogP contribution in [-0.2, 0) is 11.2 Å². The Morgan fingerprint density at radius 2 is 2.00 bits per heavy atom. The van der Waals surface area contributed by atoms with E-state index in [9.17, 15) is 0 Å². The fraction of sp³-hybridized carbons (Fsp3) is 0.462. The first-order valence-corrected chi connectivity index (χ1v) is 5.31. The summed E-state index contributed by atoms with van der Waals surface area (Å²) in [7, 11) is 0. The molecule has 0 bridgehead atoms. The van der Waals surface area contributed by atoms with Crippen LogP contribution in [0.5, 0.6) is 0 Å². The molecular weight excluding hydrogens is 172 g/mol. The summed E-state index contributed by atoms with van der Waals surface area (Å²) in [6.07, 6.45) is 3.30. The third kappa shape index (κ3) is 4.43. The third-order valence-electron chi connectivity index (χ3n) is 2.16. The lowest BCUT2D eigenvalue weighted by Gasteiger charge is -2.12. The van der Waals surface area contributed by atoms with Crippen LogP contribution in [0.1, 0.15) is 25.3 Å². The van der Waals surface area contributed by atoms with E-state index in [0.29, 0.717) is 0 Å². The molecule has 0 aromatic heterocycles. The van der Waals surface area contributed by atoms with E-state index in [-0.39, 0.29) is 6.10 Å². The number of unbranched alkanes of at least 4 members (excludes halogenated alkanes) is 1. The van der Waals surface area contributed by atoms with Crippen molar-refractivity contribution in [3.05, 3.63) is 42.8 Å². The maximum Gasteiger partial charge on any atom is 0.0616 e. The quantitative estimate of drug-likeness (QED) is 0.627. The van der Waals surface area contributed by atoms with E-state index in [2.05, 4.69) is 26.0 Å². The first-order valence-electron chi connectivity index (χ1n) is 5.31. The molecule has 0 heterocycles. The standard InChI is InChI=1S/C13H19O/c1-3-4-10-14-12(2)11-13-8-6-5-7-9-13/h5-9,12H,2-4,10-11H2,1H3. The average Bonchev–Trinajstić information content (AvgIpc) is 2.20. The molecule has 0 saturated heterocycles. The fourth-order valence-corrected chi connectivity index (χ4v) is 1.33. The predicted octanol–water partition coefficient (Wildman–Crippen LogP) is 3.25. The van der Waals surface area contributed by atoms with Crippen LogP contribution in [0.3, 0.4) is 0 Å². The minimum atomic E-state index is 0.0870. The summed E-state index contributed by atoms with van der Waals surface area (Å²) in [6, 6.07) is 10.4. The Morgan fingerprint density at radius 1 is 1.29 bits per heavy atom. The first kappa shape index (κ1) is 11.3. The zero-order valence-electron chi connectivity index (χ0n) is 8.91. The minimum Gasteiger partial charge on any atom is -0.378 e. The number of hydrogen-bond donors (Lipinski definition) is 0. The van der Waals surface area contributed by atoms with Crippen molar-refractivity contribution >= 4 is 0 Å². The zero-order chi connectivity index (χ0) is 10.2. The average molecular weight is 191 g/mol. The summed E-state index contributed by atoms with van der Waals surface area (Å²) in [5.41, 5.74) is 1.30. The Kier molecular flexibility index (Phi) is 5.31. The lowest BCUT2D eigenvalue weighted by atomic mass is 10.1. The zero-order valence-corrected chi connectivity index (χ0v) is 8.91. The predicted molar refractivity (Wildman–Crippen MR) is 60.2 cm³/mol. The molecular formula is C13H19O. The Labute approximate surface area is 87.1 Å². The van der Waals surface area contributed by atoms with Crippen LogP contribution >= 0.6 is 0 Å². The molecule has 1 rings (SSSR count). The normalized spacial score (nSPS) is 12.7. The maximum absolute atomic E-state index is 5.58. The SMILES string of the molecule is [CH2]C(Cc1ccccc1)OCCCC. The summed E-state index contributed by atoms with van der Waals surface area (Å²) in [5.74, 6) is 0. The van der Waals surface area contributed by atoms with Gasteiger partial charge in [0.2, 0.25) is 0 Å². The number of hydrogen-bond acceptors (Lipinski definition) is 1. The summed E-state index contributed by atoms with van der Waals surface area (Å²) in [5, 5.41) is 0. The smallest absolute Gasteiger partial charge is 0.0616 e. The minimum absolute atomic E-state index is 0.0870. The number of ether oxygens (including phenoxy) is 1. The van der Waals surface area contributed by atoms with Crippen molar-refractivity contribution in [2.75, 3.05) is 6.61 Å². The van der Waals surface area contributed by atoms with Gasteiger partial charge in [-0.1, -0.05) is 43.7 Å². The molecule has 1 radical (unpaired) electrons. The highest BCUT2D eigenvalue weighted by atomic mass is 16.5. The summed E-state index contributed by atoms with van der Waals surface area (Å²) >= 11 is 0. The van der Waals surface area contributed by atoms with Crippen LogP contribution in [0.4, 0.5) is 0 Å². The van der Waals surface area contributed by atoms with Gasteiger partial charge in [-0.3, -0.25) is 0 Å². The van der Waals surface area contributed by atoms with Gasteiger partial charge in [-0.15, -0.1) is 0 Å². The maximum atomic E-state index is 5.58. The molecule has 0 spiro atoms. The lowest BCUT2D eigenvalue weighted by Crippen LogP contribution is -2.12. The van der Waals surface area contributed by atoms with Gasteiger partial charge in [0.25, 0.3) is 0 Å². The third-order valence-corrected chi connectivity index (χ3v) is 2.16. The molecule has 0 aliphatic rings. The van der Waals surface area contributed by atoms with Gasteiger partial charge >= 0.3 is 0 Å². The van der Waals surface area contributed by atoms with Crippen molar-refractivity contribution in [3.63, 3.8) is 0 Å².